The minimum Gasteiger partial charge on any atom is -0.497 e. The van der Waals surface area contributed by atoms with E-state index in [1.807, 2.05) is 24.3 Å². The molecule has 1 fully saturated rings. The Morgan fingerprint density at radius 3 is 2.81 bits per heavy atom. The van der Waals surface area contributed by atoms with Crippen molar-refractivity contribution in [1.82, 2.24) is 20.5 Å². The second-order valence-corrected chi connectivity index (χ2v) is 5.09. The standard InChI is InChI=1S/C13H11N5O2S/c1-20-9-4-2-8(3-5-9)6-10-11(19)16-13(21-10)17-12-14-7-15-18-12/h2-7H,1H3,(H2,14,15,16,17,18,19)/b10-6-. The number of thioether (sulfide) groups is 1. The van der Waals surface area contributed by atoms with Crippen molar-refractivity contribution < 1.29 is 9.53 Å². The van der Waals surface area contributed by atoms with E-state index in [1.54, 1.807) is 13.2 Å². The van der Waals surface area contributed by atoms with Gasteiger partial charge in [-0.25, -0.2) is 5.10 Å². The lowest BCUT2D eigenvalue weighted by Gasteiger charge is -1.99. The molecule has 0 radical (unpaired) electrons. The van der Waals surface area contributed by atoms with Crippen LogP contribution < -0.4 is 10.1 Å². The molecule has 7 nitrogen and oxygen atoms in total. The molecule has 2 aromatic rings. The highest BCUT2D eigenvalue weighted by atomic mass is 32.2. The molecular weight excluding hydrogens is 290 g/mol. The van der Waals surface area contributed by atoms with E-state index in [0.29, 0.717) is 16.0 Å². The Hall–Kier alpha value is -2.61. The summed E-state index contributed by atoms with van der Waals surface area (Å²) in [6.07, 6.45) is 3.15. The van der Waals surface area contributed by atoms with E-state index in [9.17, 15) is 4.79 Å². The van der Waals surface area contributed by atoms with Crippen molar-refractivity contribution in [3.63, 3.8) is 0 Å². The Morgan fingerprint density at radius 1 is 1.33 bits per heavy atom. The number of aliphatic imine (C=N–C) groups is 1. The fourth-order valence-corrected chi connectivity index (χ4v) is 2.50. The molecule has 0 unspecified atom stereocenters. The number of rotatable bonds is 3. The van der Waals surface area contributed by atoms with Gasteiger partial charge in [-0.1, -0.05) is 12.1 Å². The molecular formula is C13H11N5O2S. The lowest BCUT2D eigenvalue weighted by molar-refractivity contribution is -0.115. The van der Waals surface area contributed by atoms with Crippen molar-refractivity contribution in [3.8, 4) is 5.75 Å². The monoisotopic (exact) mass is 301 g/mol. The Labute approximate surface area is 124 Å². The van der Waals surface area contributed by atoms with Crippen molar-refractivity contribution in [1.29, 1.82) is 0 Å². The van der Waals surface area contributed by atoms with Gasteiger partial charge in [-0.05, 0) is 35.5 Å². The Bertz CT molecular complexity index is 707. The third kappa shape index (κ3) is 3.11. The molecule has 0 spiro atoms. The summed E-state index contributed by atoms with van der Waals surface area (Å²) in [7, 11) is 1.61. The summed E-state index contributed by atoms with van der Waals surface area (Å²) in [5, 5.41) is 9.45. The van der Waals surface area contributed by atoms with E-state index < -0.39 is 0 Å². The number of nitrogens with one attached hydrogen (secondary N) is 2. The summed E-state index contributed by atoms with van der Waals surface area (Å²) in [6, 6.07) is 7.44. The maximum absolute atomic E-state index is 11.9. The zero-order chi connectivity index (χ0) is 14.7. The van der Waals surface area contributed by atoms with Gasteiger partial charge in [0.2, 0.25) is 5.95 Å². The first-order valence-electron chi connectivity index (χ1n) is 6.03. The molecule has 8 heteroatoms. The third-order valence-electron chi connectivity index (χ3n) is 2.67. The molecule has 21 heavy (non-hydrogen) atoms. The smallest absolute Gasteiger partial charge is 0.264 e. The number of benzene rings is 1. The molecule has 2 heterocycles. The highest BCUT2D eigenvalue weighted by molar-refractivity contribution is 8.18. The average molecular weight is 301 g/mol. The number of aromatic amines is 1. The molecule has 1 aliphatic rings. The second-order valence-electron chi connectivity index (χ2n) is 4.06. The number of carbonyl (C=O) groups is 1. The van der Waals surface area contributed by atoms with E-state index >= 15 is 0 Å². The van der Waals surface area contributed by atoms with Crippen molar-refractivity contribution in [3.05, 3.63) is 41.1 Å². The van der Waals surface area contributed by atoms with Crippen LogP contribution in [0.3, 0.4) is 0 Å². The van der Waals surface area contributed by atoms with E-state index in [0.717, 1.165) is 11.3 Å². The van der Waals surface area contributed by atoms with Crippen LogP contribution in [0, 0.1) is 0 Å². The zero-order valence-corrected chi connectivity index (χ0v) is 11.8. The summed E-state index contributed by atoms with van der Waals surface area (Å²) >= 11 is 1.25. The fourth-order valence-electron chi connectivity index (χ4n) is 1.68. The molecule has 1 saturated heterocycles. The third-order valence-corrected chi connectivity index (χ3v) is 3.58. The second kappa shape index (κ2) is 5.80. The van der Waals surface area contributed by atoms with Crippen LogP contribution in [0.4, 0.5) is 5.95 Å². The zero-order valence-electron chi connectivity index (χ0n) is 11.0. The predicted octanol–water partition coefficient (Wildman–Crippen LogP) is 1.70. The van der Waals surface area contributed by atoms with Gasteiger partial charge >= 0.3 is 0 Å². The lowest BCUT2D eigenvalue weighted by Crippen LogP contribution is -2.19. The van der Waals surface area contributed by atoms with Crippen molar-refractivity contribution in [2.75, 3.05) is 7.11 Å². The number of ether oxygens (including phenoxy) is 1. The average Bonchev–Trinajstić information content (AvgIpc) is 3.11. The first-order chi connectivity index (χ1) is 10.2. The van der Waals surface area contributed by atoms with E-state index in [-0.39, 0.29) is 5.91 Å². The van der Waals surface area contributed by atoms with Crippen LogP contribution in [-0.4, -0.2) is 33.4 Å². The van der Waals surface area contributed by atoms with Crippen molar-refractivity contribution in [2.24, 2.45) is 4.99 Å². The van der Waals surface area contributed by atoms with Gasteiger partial charge in [0.15, 0.2) is 5.17 Å². The first-order valence-corrected chi connectivity index (χ1v) is 6.85. The molecule has 0 bridgehead atoms. The van der Waals surface area contributed by atoms with Crippen molar-refractivity contribution in [2.45, 2.75) is 0 Å². The number of hydrogen-bond donors (Lipinski definition) is 2. The van der Waals surface area contributed by atoms with E-state index in [4.69, 9.17) is 4.74 Å². The van der Waals surface area contributed by atoms with Crippen LogP contribution in [0.2, 0.25) is 0 Å². The van der Waals surface area contributed by atoms with Crippen LogP contribution in [0.5, 0.6) is 5.75 Å². The number of amidine groups is 1. The van der Waals surface area contributed by atoms with E-state index in [2.05, 4.69) is 25.5 Å². The highest BCUT2D eigenvalue weighted by Crippen LogP contribution is 2.27. The van der Waals surface area contributed by atoms with Gasteiger partial charge < -0.3 is 10.1 Å². The molecule has 2 N–H and O–H groups in total. The van der Waals surface area contributed by atoms with Gasteiger partial charge in [-0.2, -0.15) is 15.1 Å². The van der Waals surface area contributed by atoms with Crippen LogP contribution >= 0.6 is 11.8 Å². The van der Waals surface area contributed by atoms with Crippen molar-refractivity contribution >= 4 is 34.9 Å². The molecule has 106 valence electrons. The highest BCUT2D eigenvalue weighted by Gasteiger charge is 2.24. The minimum atomic E-state index is -0.186. The molecule has 1 aromatic carbocycles. The number of nitrogens with zero attached hydrogens (tertiary/aromatic N) is 3. The summed E-state index contributed by atoms with van der Waals surface area (Å²) < 4.78 is 5.10. The molecule has 0 atom stereocenters. The molecule has 1 amide bonds. The van der Waals surface area contributed by atoms with Gasteiger partial charge in [0.25, 0.3) is 5.91 Å². The van der Waals surface area contributed by atoms with Crippen LogP contribution in [0.25, 0.3) is 6.08 Å². The molecule has 0 saturated carbocycles. The Balaban J connectivity index is 1.79. The number of carbonyl (C=O) groups excluding carboxylic acids is 1. The molecule has 1 aromatic heterocycles. The number of methoxy groups -OCH3 is 1. The van der Waals surface area contributed by atoms with E-state index in [1.165, 1.54) is 18.1 Å². The molecule has 0 aliphatic carbocycles. The fraction of sp³-hybridized carbons (Fsp3) is 0.0769. The normalized spacial score (nSPS) is 18.2. The topological polar surface area (TPSA) is 92.3 Å². The molecule has 3 rings (SSSR count). The predicted molar refractivity (Wildman–Crippen MR) is 80.2 cm³/mol. The van der Waals surface area contributed by atoms with Gasteiger partial charge in [-0.3, -0.25) is 4.79 Å². The largest absolute Gasteiger partial charge is 0.497 e. The minimum absolute atomic E-state index is 0.186. The Kier molecular flexibility index (Phi) is 3.69. The number of H-pyrrole nitrogens is 1. The first kappa shape index (κ1) is 13.4. The maximum atomic E-state index is 11.9. The summed E-state index contributed by atoms with van der Waals surface area (Å²) in [4.78, 5) is 20.5. The summed E-state index contributed by atoms with van der Waals surface area (Å²) in [5.41, 5.74) is 0.911. The number of hydrogen-bond acceptors (Lipinski definition) is 6. The summed E-state index contributed by atoms with van der Waals surface area (Å²) in [5.74, 6) is 0.936. The van der Waals surface area contributed by atoms with Gasteiger partial charge in [-0.15, -0.1) is 0 Å². The molecule has 1 aliphatic heterocycles. The number of amides is 1. The van der Waals surface area contributed by atoms with Crippen LogP contribution in [0.1, 0.15) is 5.56 Å². The Morgan fingerprint density at radius 2 is 2.14 bits per heavy atom. The summed E-state index contributed by atoms with van der Waals surface area (Å²) in [6.45, 7) is 0. The van der Waals surface area contributed by atoms with Gasteiger partial charge in [0.1, 0.15) is 12.1 Å². The quantitative estimate of drug-likeness (QED) is 0.842. The van der Waals surface area contributed by atoms with Crippen LogP contribution in [-0.2, 0) is 4.79 Å². The van der Waals surface area contributed by atoms with Gasteiger partial charge in [0, 0.05) is 0 Å². The lowest BCUT2D eigenvalue weighted by atomic mass is 10.2. The van der Waals surface area contributed by atoms with Crippen LogP contribution in [0.15, 0.2) is 40.5 Å². The SMILES string of the molecule is COc1ccc(/C=C2\S/C(=N/c3ncn[nH]3)NC2=O)cc1. The maximum Gasteiger partial charge on any atom is 0.264 e. The number of aromatic nitrogens is 3. The van der Waals surface area contributed by atoms with Gasteiger partial charge in [0.05, 0.1) is 12.0 Å².